The first-order chi connectivity index (χ1) is 9.78. The molecule has 2 aliphatic rings. The van der Waals surface area contributed by atoms with Crippen LogP contribution in [0.5, 0.6) is 0 Å². The second-order valence-corrected chi connectivity index (χ2v) is 5.91. The van der Waals surface area contributed by atoms with Gasteiger partial charge in [0.25, 0.3) is 0 Å². The van der Waals surface area contributed by atoms with Crippen LogP contribution in [0.25, 0.3) is 0 Å². The van der Waals surface area contributed by atoms with Gasteiger partial charge in [-0.15, -0.1) is 0 Å². The molecule has 0 aromatic carbocycles. The summed E-state index contributed by atoms with van der Waals surface area (Å²) in [7, 11) is 0. The van der Waals surface area contributed by atoms with Gasteiger partial charge in [-0.2, -0.15) is 0 Å². The normalized spacial score (nSPS) is 22.9. The fourth-order valence-corrected chi connectivity index (χ4v) is 3.45. The summed E-state index contributed by atoms with van der Waals surface area (Å²) in [4.78, 5) is 11.4. The molecule has 1 saturated heterocycles. The van der Waals surface area contributed by atoms with Crippen molar-refractivity contribution in [1.29, 1.82) is 0 Å². The molecule has 5 nitrogen and oxygen atoms in total. The van der Waals surface area contributed by atoms with Crippen LogP contribution in [0.3, 0.4) is 0 Å². The van der Waals surface area contributed by atoms with Gasteiger partial charge in [0.1, 0.15) is 0 Å². The summed E-state index contributed by atoms with van der Waals surface area (Å²) in [5, 5.41) is 3.46. The van der Waals surface area contributed by atoms with E-state index in [1.807, 2.05) is 19.2 Å². The minimum Gasteiger partial charge on any atom is -0.379 e. The molecule has 1 saturated carbocycles. The van der Waals surface area contributed by atoms with Gasteiger partial charge in [-0.05, 0) is 25.8 Å². The molecule has 1 aliphatic heterocycles. The van der Waals surface area contributed by atoms with Crippen molar-refractivity contribution in [1.82, 2.24) is 14.9 Å². The maximum absolute atomic E-state index is 5.50. The van der Waals surface area contributed by atoms with Crippen LogP contribution in [-0.4, -0.2) is 53.3 Å². The predicted octanol–water partition coefficient (Wildman–Crippen LogP) is 1.84. The Labute approximate surface area is 120 Å². The molecular weight excluding hydrogens is 252 g/mol. The Morgan fingerprint density at radius 3 is 2.75 bits per heavy atom. The molecule has 2 fully saturated rings. The zero-order valence-corrected chi connectivity index (χ0v) is 12.3. The summed E-state index contributed by atoms with van der Waals surface area (Å²) in [5.74, 6) is 0.754. The molecule has 5 heteroatoms. The van der Waals surface area contributed by atoms with Gasteiger partial charge < -0.3 is 10.1 Å². The van der Waals surface area contributed by atoms with Crippen LogP contribution in [0.15, 0.2) is 12.3 Å². The van der Waals surface area contributed by atoms with Gasteiger partial charge in [0.05, 0.1) is 13.2 Å². The lowest BCUT2D eigenvalue weighted by molar-refractivity contribution is -0.0160. The maximum atomic E-state index is 5.50. The van der Waals surface area contributed by atoms with E-state index in [9.17, 15) is 0 Å². The number of nitrogens with one attached hydrogen (secondary N) is 1. The molecule has 0 unspecified atom stereocenters. The minimum absolute atomic E-state index is 0.275. The fourth-order valence-electron chi connectivity index (χ4n) is 3.45. The number of aromatic nitrogens is 2. The van der Waals surface area contributed by atoms with E-state index in [1.54, 1.807) is 0 Å². The van der Waals surface area contributed by atoms with Crippen LogP contribution < -0.4 is 5.32 Å². The van der Waals surface area contributed by atoms with Gasteiger partial charge in [-0.3, -0.25) is 4.90 Å². The van der Waals surface area contributed by atoms with Crippen molar-refractivity contribution in [2.45, 2.75) is 38.1 Å². The van der Waals surface area contributed by atoms with Crippen molar-refractivity contribution in [2.24, 2.45) is 0 Å². The highest BCUT2D eigenvalue weighted by Crippen LogP contribution is 2.35. The SMILES string of the molecule is Cc1ccnc(NCC2(N3CCOCC3)CCCC2)n1. The second-order valence-electron chi connectivity index (χ2n) is 5.91. The molecule has 0 radical (unpaired) electrons. The van der Waals surface area contributed by atoms with Crippen LogP contribution in [0.2, 0.25) is 0 Å². The summed E-state index contributed by atoms with van der Waals surface area (Å²) in [6.07, 6.45) is 7.01. The fraction of sp³-hybridized carbons (Fsp3) is 0.733. The van der Waals surface area contributed by atoms with E-state index in [0.717, 1.165) is 44.5 Å². The molecule has 0 bridgehead atoms. The maximum Gasteiger partial charge on any atom is 0.222 e. The summed E-state index contributed by atoms with van der Waals surface area (Å²) in [5.41, 5.74) is 1.28. The van der Waals surface area contributed by atoms with Crippen LogP contribution in [0, 0.1) is 6.92 Å². The van der Waals surface area contributed by atoms with Crippen molar-refractivity contribution in [3.8, 4) is 0 Å². The van der Waals surface area contributed by atoms with E-state index in [4.69, 9.17) is 4.74 Å². The van der Waals surface area contributed by atoms with E-state index in [1.165, 1.54) is 25.7 Å². The lowest BCUT2D eigenvalue weighted by Gasteiger charge is -2.43. The summed E-state index contributed by atoms with van der Waals surface area (Å²) in [6.45, 7) is 6.77. The summed E-state index contributed by atoms with van der Waals surface area (Å²) >= 11 is 0. The minimum atomic E-state index is 0.275. The highest BCUT2D eigenvalue weighted by atomic mass is 16.5. The van der Waals surface area contributed by atoms with Crippen LogP contribution in [0.1, 0.15) is 31.4 Å². The zero-order chi connectivity index (χ0) is 13.8. The topological polar surface area (TPSA) is 50.3 Å². The molecule has 110 valence electrons. The number of aryl methyl sites for hydroxylation is 1. The summed E-state index contributed by atoms with van der Waals surface area (Å²) < 4.78 is 5.50. The molecule has 1 N–H and O–H groups in total. The predicted molar refractivity (Wildman–Crippen MR) is 78.8 cm³/mol. The molecule has 0 atom stereocenters. The number of hydrogen-bond donors (Lipinski definition) is 1. The molecule has 0 amide bonds. The number of morpholine rings is 1. The van der Waals surface area contributed by atoms with Gasteiger partial charge in [0.2, 0.25) is 5.95 Å². The van der Waals surface area contributed by atoms with Gasteiger partial charge in [-0.25, -0.2) is 9.97 Å². The first-order valence-corrected chi connectivity index (χ1v) is 7.65. The Bertz CT molecular complexity index is 439. The van der Waals surface area contributed by atoms with E-state index < -0.39 is 0 Å². The Hall–Kier alpha value is -1.20. The Balaban J connectivity index is 1.67. The average Bonchev–Trinajstić information content (AvgIpc) is 2.96. The number of nitrogens with zero attached hydrogens (tertiary/aromatic N) is 3. The third-order valence-corrected chi connectivity index (χ3v) is 4.59. The second kappa shape index (κ2) is 6.06. The van der Waals surface area contributed by atoms with Gasteiger partial charge in [0.15, 0.2) is 0 Å². The Morgan fingerprint density at radius 1 is 1.30 bits per heavy atom. The highest BCUT2D eigenvalue weighted by molar-refractivity contribution is 5.26. The lowest BCUT2D eigenvalue weighted by atomic mass is 9.94. The quantitative estimate of drug-likeness (QED) is 0.909. The first kappa shape index (κ1) is 13.8. The van der Waals surface area contributed by atoms with Gasteiger partial charge in [0, 0.05) is 37.1 Å². The standard InChI is InChI=1S/C15H24N4O/c1-13-4-7-16-14(18-13)17-12-15(5-2-3-6-15)19-8-10-20-11-9-19/h4,7H,2-3,5-6,8-12H2,1H3,(H,16,17,18). The molecular formula is C15H24N4O. The Morgan fingerprint density at radius 2 is 2.05 bits per heavy atom. The smallest absolute Gasteiger partial charge is 0.222 e. The lowest BCUT2D eigenvalue weighted by Crippen LogP contribution is -2.55. The van der Waals surface area contributed by atoms with Crippen molar-refractivity contribution in [2.75, 3.05) is 38.2 Å². The van der Waals surface area contributed by atoms with Crippen LogP contribution in [0.4, 0.5) is 5.95 Å². The zero-order valence-electron chi connectivity index (χ0n) is 12.3. The highest BCUT2D eigenvalue weighted by Gasteiger charge is 2.40. The van der Waals surface area contributed by atoms with E-state index >= 15 is 0 Å². The van der Waals surface area contributed by atoms with Gasteiger partial charge in [-0.1, -0.05) is 12.8 Å². The first-order valence-electron chi connectivity index (χ1n) is 7.65. The van der Waals surface area contributed by atoms with Gasteiger partial charge >= 0.3 is 0 Å². The van der Waals surface area contributed by atoms with Crippen LogP contribution >= 0.6 is 0 Å². The molecule has 1 aromatic heterocycles. The largest absolute Gasteiger partial charge is 0.379 e. The molecule has 2 heterocycles. The van der Waals surface area contributed by atoms with Crippen molar-refractivity contribution in [3.05, 3.63) is 18.0 Å². The monoisotopic (exact) mass is 276 g/mol. The molecule has 1 aromatic rings. The Kier molecular flexibility index (Phi) is 4.17. The summed E-state index contributed by atoms with van der Waals surface area (Å²) in [6, 6.07) is 1.93. The van der Waals surface area contributed by atoms with Crippen molar-refractivity contribution >= 4 is 5.95 Å². The van der Waals surface area contributed by atoms with Crippen molar-refractivity contribution in [3.63, 3.8) is 0 Å². The third-order valence-electron chi connectivity index (χ3n) is 4.59. The number of anilines is 1. The molecule has 3 rings (SSSR count). The van der Waals surface area contributed by atoms with Crippen molar-refractivity contribution < 1.29 is 4.74 Å². The number of hydrogen-bond acceptors (Lipinski definition) is 5. The van der Waals surface area contributed by atoms with E-state index in [2.05, 4.69) is 20.2 Å². The van der Waals surface area contributed by atoms with Crippen LogP contribution in [-0.2, 0) is 4.74 Å². The molecule has 20 heavy (non-hydrogen) atoms. The van der Waals surface area contributed by atoms with E-state index in [-0.39, 0.29) is 5.54 Å². The molecule has 0 spiro atoms. The average molecular weight is 276 g/mol. The molecule has 1 aliphatic carbocycles. The number of rotatable bonds is 4. The number of ether oxygens (including phenoxy) is 1. The van der Waals surface area contributed by atoms with E-state index in [0.29, 0.717) is 0 Å². The third kappa shape index (κ3) is 2.94.